The van der Waals surface area contributed by atoms with Crippen LogP contribution in [0.5, 0.6) is 17.2 Å². The van der Waals surface area contributed by atoms with Gasteiger partial charge < -0.3 is 30.2 Å². The highest BCUT2D eigenvalue weighted by atomic mass is 16.5. The van der Waals surface area contributed by atoms with Gasteiger partial charge in [0.2, 0.25) is 23.0 Å². The van der Waals surface area contributed by atoms with E-state index in [2.05, 4.69) is 27.8 Å². The number of likely N-dealkylation sites (N-methyl/N-ethyl adjacent to an activating group) is 1. The average Bonchev–Trinajstić information content (AvgIpc) is 3.30. The van der Waals surface area contributed by atoms with Crippen LogP contribution in [0, 0.1) is 0 Å². The SMILES string of the molecule is CCN1CCC[C@@H]1CNC(=O)[C@@H](C)Nc1ccc2c(cc1=O)[C@@H](NC(C)=O)CCc1cc(OC)c(OC)c(OC)c1-2. The van der Waals surface area contributed by atoms with Gasteiger partial charge in [-0.1, -0.05) is 13.0 Å². The molecule has 0 aromatic heterocycles. The summed E-state index contributed by atoms with van der Waals surface area (Å²) in [5.74, 6) is 1.11. The van der Waals surface area contributed by atoms with E-state index < -0.39 is 12.1 Å². The van der Waals surface area contributed by atoms with E-state index in [9.17, 15) is 14.4 Å². The van der Waals surface area contributed by atoms with Crippen LogP contribution in [0.4, 0.5) is 5.69 Å². The van der Waals surface area contributed by atoms with Crippen molar-refractivity contribution in [3.05, 3.63) is 45.6 Å². The molecule has 222 valence electrons. The van der Waals surface area contributed by atoms with Crippen molar-refractivity contribution >= 4 is 17.5 Å². The maximum absolute atomic E-state index is 13.5. The maximum Gasteiger partial charge on any atom is 0.242 e. The van der Waals surface area contributed by atoms with Crippen molar-refractivity contribution in [3.63, 3.8) is 0 Å². The number of benzene rings is 1. The molecule has 10 heteroatoms. The Kier molecular flexibility index (Phi) is 9.75. The molecule has 1 heterocycles. The molecule has 0 spiro atoms. The number of ether oxygens (including phenoxy) is 3. The number of likely N-dealkylation sites (tertiary alicyclic amines) is 1. The van der Waals surface area contributed by atoms with E-state index in [-0.39, 0.29) is 17.2 Å². The molecule has 2 amide bonds. The minimum atomic E-state index is -0.626. The van der Waals surface area contributed by atoms with Gasteiger partial charge in [-0.25, -0.2) is 0 Å². The Labute approximate surface area is 241 Å². The second-order valence-electron chi connectivity index (χ2n) is 10.6. The number of nitrogens with zero attached hydrogens (tertiary/aromatic N) is 1. The predicted octanol–water partition coefficient (Wildman–Crippen LogP) is 3.26. The third-order valence-electron chi connectivity index (χ3n) is 8.10. The van der Waals surface area contributed by atoms with Crippen LogP contribution in [-0.4, -0.2) is 69.8 Å². The van der Waals surface area contributed by atoms with E-state index in [0.717, 1.165) is 42.6 Å². The number of methoxy groups -OCH3 is 3. The van der Waals surface area contributed by atoms with Crippen molar-refractivity contribution in [1.82, 2.24) is 15.5 Å². The molecule has 3 atom stereocenters. The van der Waals surface area contributed by atoms with Crippen LogP contribution >= 0.6 is 0 Å². The summed E-state index contributed by atoms with van der Waals surface area (Å²) in [6.45, 7) is 7.94. The zero-order valence-corrected chi connectivity index (χ0v) is 24.9. The molecule has 1 fully saturated rings. The Bertz CT molecular complexity index is 1350. The molecule has 41 heavy (non-hydrogen) atoms. The summed E-state index contributed by atoms with van der Waals surface area (Å²) < 4.78 is 17.1. The molecule has 0 saturated carbocycles. The van der Waals surface area contributed by atoms with Gasteiger partial charge in [0.1, 0.15) is 6.04 Å². The van der Waals surface area contributed by atoms with E-state index in [1.54, 1.807) is 40.4 Å². The molecule has 4 rings (SSSR count). The number of anilines is 1. The highest BCUT2D eigenvalue weighted by Crippen LogP contribution is 2.50. The Morgan fingerprint density at radius 2 is 1.83 bits per heavy atom. The quantitative estimate of drug-likeness (QED) is 0.401. The molecule has 10 nitrogen and oxygen atoms in total. The third-order valence-corrected chi connectivity index (χ3v) is 8.10. The predicted molar refractivity (Wildman–Crippen MR) is 159 cm³/mol. The summed E-state index contributed by atoms with van der Waals surface area (Å²) >= 11 is 0. The number of rotatable bonds is 10. The normalized spacial score (nSPS) is 18.8. The Balaban J connectivity index is 1.72. The molecule has 1 aliphatic heterocycles. The summed E-state index contributed by atoms with van der Waals surface area (Å²) in [7, 11) is 4.68. The van der Waals surface area contributed by atoms with E-state index >= 15 is 0 Å². The molecule has 3 N–H and O–H groups in total. The number of amides is 2. The first kappa shape index (κ1) is 30.2. The van der Waals surface area contributed by atoms with Crippen molar-refractivity contribution in [2.75, 3.05) is 46.3 Å². The smallest absolute Gasteiger partial charge is 0.242 e. The highest BCUT2D eigenvalue weighted by Gasteiger charge is 2.30. The molecule has 2 aliphatic rings. The van der Waals surface area contributed by atoms with Gasteiger partial charge in [0, 0.05) is 25.1 Å². The number of fused-ring (bicyclic) bond motifs is 3. The van der Waals surface area contributed by atoms with Gasteiger partial charge in [0.05, 0.1) is 33.1 Å². The first-order chi connectivity index (χ1) is 19.7. The molecular formula is C31H42N4O6. The second-order valence-corrected chi connectivity index (χ2v) is 10.6. The highest BCUT2D eigenvalue weighted by molar-refractivity contribution is 5.85. The third kappa shape index (κ3) is 6.43. The van der Waals surface area contributed by atoms with Gasteiger partial charge in [-0.05, 0) is 80.6 Å². The molecule has 0 unspecified atom stereocenters. The van der Waals surface area contributed by atoms with E-state index in [0.29, 0.717) is 53.9 Å². The largest absolute Gasteiger partial charge is 0.493 e. The van der Waals surface area contributed by atoms with Crippen LogP contribution in [0.2, 0.25) is 0 Å². The minimum absolute atomic E-state index is 0.166. The number of carbonyl (C=O) groups is 2. The Morgan fingerprint density at radius 3 is 2.49 bits per heavy atom. The van der Waals surface area contributed by atoms with Gasteiger partial charge in [-0.2, -0.15) is 0 Å². The van der Waals surface area contributed by atoms with Crippen molar-refractivity contribution in [1.29, 1.82) is 0 Å². The number of nitrogens with one attached hydrogen (secondary N) is 3. The number of hydrogen-bond acceptors (Lipinski definition) is 8. The zero-order valence-electron chi connectivity index (χ0n) is 24.9. The molecule has 2 aromatic carbocycles. The number of hydrogen-bond donors (Lipinski definition) is 3. The molecular weight excluding hydrogens is 524 g/mol. The summed E-state index contributed by atoms with van der Waals surface area (Å²) in [6.07, 6.45) is 3.39. The molecule has 0 radical (unpaired) electrons. The van der Waals surface area contributed by atoms with Crippen LogP contribution < -0.4 is 35.6 Å². The number of aryl methyl sites for hydroxylation is 1. The second kappa shape index (κ2) is 13.2. The van der Waals surface area contributed by atoms with Gasteiger partial charge >= 0.3 is 0 Å². The van der Waals surface area contributed by atoms with Crippen LogP contribution in [0.1, 0.15) is 57.2 Å². The van der Waals surface area contributed by atoms with Crippen molar-refractivity contribution in [2.45, 2.75) is 64.6 Å². The number of carbonyl (C=O) groups excluding carboxylic acids is 2. The van der Waals surface area contributed by atoms with Crippen LogP contribution in [0.15, 0.2) is 29.1 Å². The molecule has 1 aliphatic carbocycles. The van der Waals surface area contributed by atoms with Gasteiger partial charge in [0.15, 0.2) is 11.5 Å². The van der Waals surface area contributed by atoms with Crippen molar-refractivity contribution in [2.24, 2.45) is 0 Å². The Hall–Kier alpha value is -3.79. The van der Waals surface area contributed by atoms with Crippen molar-refractivity contribution in [3.8, 4) is 28.4 Å². The summed E-state index contributed by atoms with van der Waals surface area (Å²) in [4.78, 5) is 41.0. The molecule has 0 bridgehead atoms. The van der Waals surface area contributed by atoms with E-state index in [1.807, 2.05) is 12.1 Å². The van der Waals surface area contributed by atoms with Crippen molar-refractivity contribution < 1.29 is 23.8 Å². The topological polar surface area (TPSA) is 118 Å². The lowest BCUT2D eigenvalue weighted by atomic mass is 9.95. The van der Waals surface area contributed by atoms with Gasteiger partial charge in [-0.3, -0.25) is 19.3 Å². The summed E-state index contributed by atoms with van der Waals surface area (Å²) in [5.41, 5.74) is 3.13. The van der Waals surface area contributed by atoms with E-state index in [4.69, 9.17) is 14.2 Å². The fourth-order valence-electron chi connectivity index (χ4n) is 6.04. The zero-order chi connectivity index (χ0) is 29.7. The van der Waals surface area contributed by atoms with Crippen LogP contribution in [0.25, 0.3) is 11.1 Å². The molecule has 2 aromatic rings. The summed E-state index contributed by atoms with van der Waals surface area (Å²) in [6, 6.07) is 6.30. The van der Waals surface area contributed by atoms with Gasteiger partial charge in [0.25, 0.3) is 0 Å². The lowest BCUT2D eigenvalue weighted by Crippen LogP contribution is -2.45. The lowest BCUT2D eigenvalue weighted by molar-refractivity contribution is -0.122. The first-order valence-electron chi connectivity index (χ1n) is 14.3. The lowest BCUT2D eigenvalue weighted by Gasteiger charge is -2.24. The fraction of sp³-hybridized carbons (Fsp3) is 0.516. The van der Waals surface area contributed by atoms with Crippen LogP contribution in [0.3, 0.4) is 0 Å². The maximum atomic E-state index is 13.5. The van der Waals surface area contributed by atoms with Crippen LogP contribution in [-0.2, 0) is 16.0 Å². The standard InChI is InChI=1S/C31H42N4O6/c1-7-35-14-8-9-21(35)17-32-31(38)18(2)33-25-13-11-22-23(16-26(25)37)24(34-19(3)36)12-10-20-15-27(39-4)29(40-5)30(41-6)28(20)22/h11,13,15-16,18,21,24H,7-10,12,14,17H2,1-6H3,(H,32,38)(H,33,37)(H,34,36)/t18-,21-,24+/m1/s1. The average molecular weight is 567 g/mol. The van der Waals surface area contributed by atoms with Gasteiger partial charge in [-0.15, -0.1) is 0 Å². The minimum Gasteiger partial charge on any atom is -0.493 e. The monoisotopic (exact) mass is 566 g/mol. The van der Waals surface area contributed by atoms with E-state index in [1.165, 1.54) is 6.92 Å². The molecule has 1 saturated heterocycles. The fourth-order valence-corrected chi connectivity index (χ4v) is 6.04. The summed E-state index contributed by atoms with van der Waals surface area (Å²) in [5, 5.41) is 9.17. The Morgan fingerprint density at radius 1 is 1.07 bits per heavy atom. The first-order valence-corrected chi connectivity index (χ1v) is 14.3.